The third-order valence-corrected chi connectivity index (χ3v) is 4.71. The number of ether oxygens (including phenoxy) is 1. The fraction of sp³-hybridized carbons (Fsp3) is 0.231. The zero-order valence-electron chi connectivity index (χ0n) is 18.2. The van der Waals surface area contributed by atoms with E-state index in [0.717, 1.165) is 5.69 Å². The number of rotatable bonds is 8. The second-order valence-corrected chi connectivity index (χ2v) is 7.62. The van der Waals surface area contributed by atoms with Crippen molar-refractivity contribution in [1.29, 1.82) is 0 Å². The second-order valence-electron chi connectivity index (χ2n) is 7.62. The number of hydrogen-bond acceptors (Lipinski definition) is 3. The Bertz CT molecular complexity index is 1030. The van der Waals surface area contributed by atoms with Gasteiger partial charge in [0.2, 0.25) is 0 Å². The summed E-state index contributed by atoms with van der Waals surface area (Å²) in [5.74, 6) is 0.574. The van der Waals surface area contributed by atoms with Gasteiger partial charge in [-0.3, -0.25) is 9.59 Å². The minimum Gasteiger partial charge on any atom is -0.493 e. The molecule has 160 valence electrons. The van der Waals surface area contributed by atoms with Crippen molar-refractivity contribution in [1.82, 2.24) is 0 Å². The van der Waals surface area contributed by atoms with Crippen LogP contribution in [0.15, 0.2) is 78.9 Å². The molecule has 0 saturated carbocycles. The number of nitrogens with zero attached hydrogens (tertiary/aromatic N) is 1. The first-order valence-corrected chi connectivity index (χ1v) is 10.5. The third-order valence-electron chi connectivity index (χ3n) is 4.71. The number of nitrogens with one attached hydrogen (secondary N) is 1. The summed E-state index contributed by atoms with van der Waals surface area (Å²) in [6, 6.07) is 23.6. The van der Waals surface area contributed by atoms with Gasteiger partial charge >= 0.3 is 0 Å². The summed E-state index contributed by atoms with van der Waals surface area (Å²) in [6.45, 7) is 7.16. The van der Waals surface area contributed by atoms with E-state index in [1.54, 1.807) is 47.4 Å². The van der Waals surface area contributed by atoms with Crippen LogP contribution in [0.1, 0.15) is 41.5 Å². The van der Waals surface area contributed by atoms with Crippen LogP contribution in [0.2, 0.25) is 0 Å². The van der Waals surface area contributed by atoms with Gasteiger partial charge in [0.05, 0.1) is 17.9 Å². The number of carbonyl (C=O) groups excluding carboxylic acids is 2. The third kappa shape index (κ3) is 5.72. The number of para-hydroxylation sites is 2. The lowest BCUT2D eigenvalue weighted by molar-refractivity contribution is 0.0989. The van der Waals surface area contributed by atoms with Crippen molar-refractivity contribution in [3.05, 3.63) is 90.0 Å². The summed E-state index contributed by atoms with van der Waals surface area (Å²) in [7, 11) is 0. The molecule has 5 heteroatoms. The number of hydrogen-bond donors (Lipinski definition) is 1. The highest BCUT2D eigenvalue weighted by atomic mass is 16.5. The maximum Gasteiger partial charge on any atom is 0.260 e. The number of amides is 2. The molecular weight excluding hydrogens is 388 g/mol. The van der Waals surface area contributed by atoms with Crippen LogP contribution in [0.3, 0.4) is 0 Å². The van der Waals surface area contributed by atoms with Crippen molar-refractivity contribution in [2.45, 2.75) is 20.8 Å². The minimum atomic E-state index is -0.294. The van der Waals surface area contributed by atoms with E-state index >= 15 is 0 Å². The van der Waals surface area contributed by atoms with Crippen LogP contribution in [0.4, 0.5) is 11.4 Å². The van der Waals surface area contributed by atoms with E-state index in [9.17, 15) is 9.59 Å². The molecule has 0 bridgehead atoms. The molecule has 5 nitrogen and oxygen atoms in total. The fourth-order valence-electron chi connectivity index (χ4n) is 3.16. The Kier molecular flexibility index (Phi) is 7.44. The van der Waals surface area contributed by atoms with Gasteiger partial charge in [-0.25, -0.2) is 0 Å². The smallest absolute Gasteiger partial charge is 0.260 e. The topological polar surface area (TPSA) is 58.6 Å². The molecule has 31 heavy (non-hydrogen) atoms. The van der Waals surface area contributed by atoms with E-state index in [4.69, 9.17) is 4.74 Å². The summed E-state index contributed by atoms with van der Waals surface area (Å²) in [5.41, 5.74) is 2.19. The highest BCUT2D eigenvalue weighted by molar-refractivity contribution is 6.13. The largest absolute Gasteiger partial charge is 0.493 e. The van der Waals surface area contributed by atoms with Crippen LogP contribution >= 0.6 is 0 Å². The Morgan fingerprint density at radius 3 is 2.35 bits per heavy atom. The molecule has 3 rings (SSSR count). The maximum atomic E-state index is 13.3. The van der Waals surface area contributed by atoms with E-state index in [1.807, 2.05) is 43.3 Å². The van der Waals surface area contributed by atoms with Gasteiger partial charge in [-0.15, -0.1) is 0 Å². The molecule has 0 unspecified atom stereocenters. The lowest BCUT2D eigenvalue weighted by atomic mass is 10.1. The maximum absolute atomic E-state index is 13.3. The average Bonchev–Trinajstić information content (AvgIpc) is 2.79. The molecular formula is C26H28N2O3. The standard InChI is InChI=1S/C26H28N2O3/c1-4-28(21-12-6-5-7-13-21)26(30)23-15-8-9-16-24(23)27-25(29)20-11-10-14-22(17-20)31-18-19(2)3/h5-17,19H,4,18H2,1-3H3,(H,27,29). The molecule has 0 atom stereocenters. The molecule has 3 aromatic carbocycles. The molecule has 0 fully saturated rings. The highest BCUT2D eigenvalue weighted by Gasteiger charge is 2.20. The second kappa shape index (κ2) is 10.4. The lowest BCUT2D eigenvalue weighted by Gasteiger charge is -2.22. The SMILES string of the molecule is CCN(C(=O)c1ccccc1NC(=O)c1cccc(OCC(C)C)c1)c1ccccc1. The normalized spacial score (nSPS) is 10.6. The van der Waals surface area contributed by atoms with Crippen molar-refractivity contribution < 1.29 is 14.3 Å². The van der Waals surface area contributed by atoms with Gasteiger partial charge in [-0.05, 0) is 55.3 Å². The van der Waals surface area contributed by atoms with Crippen LogP contribution in [-0.2, 0) is 0 Å². The Morgan fingerprint density at radius 1 is 0.935 bits per heavy atom. The van der Waals surface area contributed by atoms with Crippen molar-refractivity contribution in [2.75, 3.05) is 23.4 Å². The Hall–Kier alpha value is -3.60. The molecule has 2 amide bonds. The van der Waals surface area contributed by atoms with Gasteiger partial charge in [0.15, 0.2) is 0 Å². The predicted octanol–water partition coefficient (Wildman–Crippen LogP) is 5.64. The van der Waals surface area contributed by atoms with E-state index in [0.29, 0.717) is 41.6 Å². The van der Waals surface area contributed by atoms with E-state index in [2.05, 4.69) is 19.2 Å². The zero-order chi connectivity index (χ0) is 22.2. The van der Waals surface area contributed by atoms with Crippen molar-refractivity contribution >= 4 is 23.2 Å². The number of anilines is 2. The van der Waals surface area contributed by atoms with Crippen molar-refractivity contribution in [2.24, 2.45) is 5.92 Å². The monoisotopic (exact) mass is 416 g/mol. The highest BCUT2D eigenvalue weighted by Crippen LogP contribution is 2.23. The Morgan fingerprint density at radius 2 is 1.65 bits per heavy atom. The molecule has 0 aromatic heterocycles. The quantitative estimate of drug-likeness (QED) is 0.517. The first-order valence-electron chi connectivity index (χ1n) is 10.5. The van der Waals surface area contributed by atoms with Crippen molar-refractivity contribution in [3.8, 4) is 5.75 Å². The van der Waals surface area contributed by atoms with Crippen LogP contribution in [-0.4, -0.2) is 25.0 Å². The van der Waals surface area contributed by atoms with Gasteiger partial charge in [-0.1, -0.05) is 50.2 Å². The van der Waals surface area contributed by atoms with E-state index < -0.39 is 0 Å². The summed E-state index contributed by atoms with van der Waals surface area (Å²) >= 11 is 0. The Balaban J connectivity index is 1.81. The lowest BCUT2D eigenvalue weighted by Crippen LogP contribution is -2.31. The molecule has 1 N–H and O–H groups in total. The molecule has 0 heterocycles. The molecule has 0 saturated heterocycles. The van der Waals surface area contributed by atoms with Crippen LogP contribution in [0.25, 0.3) is 0 Å². The summed E-state index contributed by atoms with van der Waals surface area (Å²) in [4.78, 5) is 27.9. The van der Waals surface area contributed by atoms with E-state index in [1.165, 1.54) is 0 Å². The number of benzene rings is 3. The minimum absolute atomic E-state index is 0.168. The van der Waals surface area contributed by atoms with Crippen LogP contribution in [0, 0.1) is 5.92 Å². The summed E-state index contributed by atoms with van der Waals surface area (Å²) in [5, 5.41) is 2.89. The summed E-state index contributed by atoms with van der Waals surface area (Å²) in [6.07, 6.45) is 0. The molecule has 0 spiro atoms. The molecule has 0 aliphatic carbocycles. The van der Waals surface area contributed by atoms with Crippen molar-refractivity contribution in [3.63, 3.8) is 0 Å². The molecule has 0 radical (unpaired) electrons. The zero-order valence-corrected chi connectivity index (χ0v) is 18.2. The van der Waals surface area contributed by atoms with E-state index in [-0.39, 0.29) is 11.8 Å². The fourth-order valence-corrected chi connectivity index (χ4v) is 3.16. The van der Waals surface area contributed by atoms with Gasteiger partial charge in [0.25, 0.3) is 11.8 Å². The molecule has 0 aliphatic heterocycles. The van der Waals surface area contributed by atoms with Gasteiger partial charge in [0, 0.05) is 17.8 Å². The Labute approximate surface area is 183 Å². The molecule has 0 aliphatic rings. The van der Waals surface area contributed by atoms with Gasteiger partial charge in [-0.2, -0.15) is 0 Å². The predicted molar refractivity (Wildman–Crippen MR) is 125 cm³/mol. The first-order chi connectivity index (χ1) is 15.0. The molecule has 3 aromatic rings. The summed E-state index contributed by atoms with van der Waals surface area (Å²) < 4.78 is 5.72. The van der Waals surface area contributed by atoms with Crippen LogP contribution < -0.4 is 15.0 Å². The first kappa shape index (κ1) is 22.1. The number of carbonyl (C=O) groups is 2. The van der Waals surface area contributed by atoms with Gasteiger partial charge < -0.3 is 15.0 Å². The van der Waals surface area contributed by atoms with Crippen LogP contribution in [0.5, 0.6) is 5.75 Å². The average molecular weight is 417 g/mol. The van der Waals surface area contributed by atoms with Gasteiger partial charge in [0.1, 0.15) is 5.75 Å².